The third-order valence-corrected chi connectivity index (χ3v) is 3.03. The molecule has 0 spiro atoms. The first-order chi connectivity index (χ1) is 9.43. The Bertz CT molecular complexity index is 675. The lowest BCUT2D eigenvalue weighted by Crippen LogP contribution is -2.05. The highest BCUT2D eigenvalue weighted by atomic mass is 35.5. The summed E-state index contributed by atoms with van der Waals surface area (Å²) in [5, 5.41) is 8.85. The fourth-order valence-electron chi connectivity index (χ4n) is 1.86. The van der Waals surface area contributed by atoms with Crippen molar-refractivity contribution in [2.45, 2.75) is 12.6 Å². The van der Waals surface area contributed by atoms with Gasteiger partial charge in [0.2, 0.25) is 0 Å². The minimum Gasteiger partial charge on any atom is -0.244 e. The number of hydrogen-bond donors (Lipinski definition) is 0. The molecule has 0 radical (unpaired) electrons. The first-order valence-electron chi connectivity index (χ1n) is 5.61. The van der Waals surface area contributed by atoms with Crippen molar-refractivity contribution in [2.75, 3.05) is 0 Å². The summed E-state index contributed by atoms with van der Waals surface area (Å²) < 4.78 is 38.2. The highest BCUT2D eigenvalue weighted by Gasteiger charge is 2.30. The lowest BCUT2D eigenvalue weighted by Gasteiger charge is -2.12. The van der Waals surface area contributed by atoms with Crippen molar-refractivity contribution in [3.8, 4) is 17.2 Å². The van der Waals surface area contributed by atoms with Crippen LogP contribution in [-0.2, 0) is 12.6 Å². The van der Waals surface area contributed by atoms with Gasteiger partial charge < -0.3 is 0 Å². The summed E-state index contributed by atoms with van der Waals surface area (Å²) in [5.74, 6) is 0. The molecular weight excluding hydrogens is 289 g/mol. The van der Waals surface area contributed by atoms with Gasteiger partial charge in [0.1, 0.15) is 5.15 Å². The molecule has 0 saturated heterocycles. The summed E-state index contributed by atoms with van der Waals surface area (Å²) in [6.45, 7) is 0. The Balaban J connectivity index is 2.60. The van der Waals surface area contributed by atoms with Crippen LogP contribution in [0.5, 0.6) is 0 Å². The summed E-state index contributed by atoms with van der Waals surface area (Å²) in [6, 6.07) is 8.34. The molecule has 2 nitrogen and oxygen atoms in total. The predicted molar refractivity (Wildman–Crippen MR) is 69.0 cm³/mol. The molecule has 0 bridgehead atoms. The Morgan fingerprint density at radius 1 is 1.25 bits per heavy atom. The second-order valence-corrected chi connectivity index (χ2v) is 4.41. The maximum Gasteiger partial charge on any atom is 0.416 e. The molecule has 6 heteroatoms. The van der Waals surface area contributed by atoms with Crippen LogP contribution in [0.3, 0.4) is 0 Å². The van der Waals surface area contributed by atoms with Crippen molar-refractivity contribution < 1.29 is 13.2 Å². The van der Waals surface area contributed by atoms with Crippen LogP contribution in [0.15, 0.2) is 36.5 Å². The molecule has 2 aromatic rings. The highest BCUT2D eigenvalue weighted by molar-refractivity contribution is 6.32. The number of halogens is 4. The van der Waals surface area contributed by atoms with E-state index in [2.05, 4.69) is 4.98 Å². The van der Waals surface area contributed by atoms with E-state index >= 15 is 0 Å². The molecule has 0 saturated carbocycles. The number of aromatic nitrogens is 1. The lowest BCUT2D eigenvalue weighted by molar-refractivity contribution is -0.137. The zero-order valence-electron chi connectivity index (χ0n) is 10.1. The number of pyridine rings is 1. The van der Waals surface area contributed by atoms with Crippen LogP contribution in [0, 0.1) is 11.3 Å². The van der Waals surface area contributed by atoms with Crippen LogP contribution in [0.4, 0.5) is 13.2 Å². The molecule has 0 fully saturated rings. The van der Waals surface area contributed by atoms with Crippen LogP contribution in [0.2, 0.25) is 5.15 Å². The summed E-state index contributed by atoms with van der Waals surface area (Å²) in [4.78, 5) is 3.87. The van der Waals surface area contributed by atoms with Gasteiger partial charge in [0.05, 0.1) is 18.1 Å². The molecule has 1 aromatic heterocycles. The van der Waals surface area contributed by atoms with E-state index < -0.39 is 11.7 Å². The van der Waals surface area contributed by atoms with Gasteiger partial charge in [-0.3, -0.25) is 0 Å². The van der Waals surface area contributed by atoms with Gasteiger partial charge in [-0.25, -0.2) is 4.98 Å². The summed E-state index contributed by atoms with van der Waals surface area (Å²) in [5.41, 5.74) is 0.439. The smallest absolute Gasteiger partial charge is 0.244 e. The van der Waals surface area contributed by atoms with Gasteiger partial charge in [0, 0.05) is 11.8 Å². The van der Waals surface area contributed by atoms with Gasteiger partial charge in [-0.05, 0) is 29.3 Å². The normalized spacial score (nSPS) is 11.2. The van der Waals surface area contributed by atoms with E-state index in [1.54, 1.807) is 6.07 Å². The Hall–Kier alpha value is -2.06. The lowest BCUT2D eigenvalue weighted by atomic mass is 9.98. The van der Waals surface area contributed by atoms with Gasteiger partial charge in [-0.1, -0.05) is 23.7 Å². The second-order valence-electron chi connectivity index (χ2n) is 4.05. The molecule has 0 amide bonds. The fraction of sp³-hybridized carbons (Fsp3) is 0.143. The zero-order chi connectivity index (χ0) is 14.8. The highest BCUT2D eigenvalue weighted by Crippen LogP contribution is 2.35. The molecule has 1 heterocycles. The monoisotopic (exact) mass is 296 g/mol. The molecule has 102 valence electrons. The van der Waals surface area contributed by atoms with Gasteiger partial charge >= 0.3 is 6.18 Å². The first-order valence-corrected chi connectivity index (χ1v) is 5.99. The third kappa shape index (κ3) is 2.91. The zero-order valence-corrected chi connectivity index (χ0v) is 10.8. The predicted octanol–water partition coefficient (Wildman–Crippen LogP) is 4.49. The second kappa shape index (κ2) is 5.51. The maximum absolute atomic E-state index is 12.7. The molecule has 20 heavy (non-hydrogen) atoms. The van der Waals surface area contributed by atoms with Crippen LogP contribution in [0.1, 0.15) is 11.1 Å². The molecule has 0 aliphatic carbocycles. The standard InChI is InChI=1S/C14H8ClF3N2/c15-13-12(9(4-6-19)5-7-20-13)10-2-1-3-11(8-10)14(16,17)18/h1-3,5,7-8H,4H2. The average molecular weight is 297 g/mol. The van der Waals surface area contributed by atoms with Crippen LogP contribution in [-0.4, -0.2) is 4.98 Å². The van der Waals surface area contributed by atoms with Gasteiger partial charge in [-0.15, -0.1) is 0 Å². The summed E-state index contributed by atoms with van der Waals surface area (Å²) >= 11 is 5.96. The Morgan fingerprint density at radius 3 is 2.65 bits per heavy atom. The molecule has 0 aliphatic heterocycles. The molecule has 2 rings (SSSR count). The van der Waals surface area contributed by atoms with E-state index in [0.29, 0.717) is 16.7 Å². The van der Waals surface area contributed by atoms with Gasteiger partial charge in [0.25, 0.3) is 0 Å². The number of benzene rings is 1. The molecule has 0 unspecified atom stereocenters. The van der Waals surface area contributed by atoms with Crippen LogP contribution < -0.4 is 0 Å². The minimum absolute atomic E-state index is 0.0494. The molecular formula is C14H8ClF3N2. The first kappa shape index (κ1) is 14.4. The minimum atomic E-state index is -4.43. The van der Waals surface area contributed by atoms with Crippen LogP contribution >= 0.6 is 11.6 Å². The Kier molecular flexibility index (Phi) is 3.96. The van der Waals surface area contributed by atoms with E-state index in [0.717, 1.165) is 12.1 Å². The Labute approximate surface area is 118 Å². The molecule has 1 aromatic carbocycles. The number of nitrogens with zero attached hydrogens (tertiary/aromatic N) is 2. The van der Waals surface area contributed by atoms with E-state index in [-0.39, 0.29) is 11.6 Å². The van der Waals surface area contributed by atoms with E-state index in [9.17, 15) is 13.2 Å². The Morgan fingerprint density at radius 2 is 2.00 bits per heavy atom. The van der Waals surface area contributed by atoms with E-state index in [4.69, 9.17) is 16.9 Å². The van der Waals surface area contributed by atoms with E-state index in [1.807, 2.05) is 6.07 Å². The largest absolute Gasteiger partial charge is 0.416 e. The number of hydrogen-bond acceptors (Lipinski definition) is 2. The quantitative estimate of drug-likeness (QED) is 0.766. The van der Waals surface area contributed by atoms with Crippen molar-refractivity contribution in [3.63, 3.8) is 0 Å². The van der Waals surface area contributed by atoms with E-state index in [1.165, 1.54) is 18.3 Å². The number of nitriles is 1. The summed E-state index contributed by atoms with van der Waals surface area (Å²) in [6.07, 6.45) is -2.96. The van der Waals surface area contributed by atoms with Crippen molar-refractivity contribution in [2.24, 2.45) is 0 Å². The average Bonchev–Trinajstić information content (AvgIpc) is 2.38. The molecule has 0 N–H and O–H groups in total. The maximum atomic E-state index is 12.7. The van der Waals surface area contributed by atoms with Crippen molar-refractivity contribution >= 4 is 11.6 Å². The van der Waals surface area contributed by atoms with Crippen LogP contribution in [0.25, 0.3) is 11.1 Å². The number of alkyl halides is 3. The van der Waals surface area contributed by atoms with Gasteiger partial charge in [-0.2, -0.15) is 18.4 Å². The topological polar surface area (TPSA) is 36.7 Å². The third-order valence-electron chi connectivity index (χ3n) is 2.74. The fourth-order valence-corrected chi connectivity index (χ4v) is 2.15. The van der Waals surface area contributed by atoms with Crippen molar-refractivity contribution in [3.05, 3.63) is 52.8 Å². The van der Waals surface area contributed by atoms with Crippen molar-refractivity contribution in [1.82, 2.24) is 4.98 Å². The van der Waals surface area contributed by atoms with Gasteiger partial charge in [0.15, 0.2) is 0 Å². The molecule has 0 aliphatic rings. The molecule has 0 atom stereocenters. The van der Waals surface area contributed by atoms with Crippen molar-refractivity contribution in [1.29, 1.82) is 5.26 Å². The SMILES string of the molecule is N#CCc1ccnc(Cl)c1-c1cccc(C(F)(F)F)c1. The number of rotatable bonds is 2. The summed E-state index contributed by atoms with van der Waals surface area (Å²) in [7, 11) is 0.